The van der Waals surface area contributed by atoms with Crippen LogP contribution >= 0.6 is 0 Å². The minimum Gasteiger partial charge on any atom is -0.218 e. The highest BCUT2D eigenvalue weighted by molar-refractivity contribution is 7.91. The van der Waals surface area contributed by atoms with E-state index in [1.807, 2.05) is 38.1 Å². The van der Waals surface area contributed by atoms with Crippen LogP contribution in [0.5, 0.6) is 0 Å². The Balaban J connectivity index is 1.29. The second-order valence-electron chi connectivity index (χ2n) is 18.7. The van der Waals surface area contributed by atoms with Crippen LogP contribution in [0.25, 0.3) is 23.3 Å². The molecule has 0 amide bonds. The highest BCUT2D eigenvalue weighted by atomic mass is 32.2. The Hall–Kier alpha value is -3.69. The summed E-state index contributed by atoms with van der Waals surface area (Å²) in [5.41, 5.74) is 15.0. The van der Waals surface area contributed by atoms with Gasteiger partial charge in [0.25, 0.3) is 0 Å². The first-order chi connectivity index (χ1) is 24.7. The molecule has 0 aromatic heterocycles. The number of fused-ring (bicyclic) bond motifs is 2. The van der Waals surface area contributed by atoms with Crippen LogP contribution in [-0.2, 0) is 44.3 Å². The van der Waals surface area contributed by atoms with Crippen LogP contribution in [0.1, 0.15) is 164 Å². The summed E-state index contributed by atoms with van der Waals surface area (Å²) in [5.74, 6) is 0. The van der Waals surface area contributed by atoms with Crippen molar-refractivity contribution in [2.45, 2.75) is 153 Å². The molecule has 0 radical (unpaired) electrons. The van der Waals surface area contributed by atoms with Crippen LogP contribution in [0.4, 0.5) is 0 Å². The quantitative estimate of drug-likeness (QED) is 0.169. The van der Waals surface area contributed by atoms with E-state index in [0.717, 1.165) is 22.3 Å². The third-order valence-corrected chi connectivity index (χ3v) is 14.8. The Kier molecular flexibility index (Phi) is 10.2. The number of hydrogen-bond acceptors (Lipinski definition) is 2. The molecule has 0 atom stereocenters. The SMILES string of the molecule is CCc1cc(/C=C(\C)c2ccc3c(c2)C(C)(C)CCC3(C)C)ccc1S(=O)(=O)c1ccc(/C=C(\C)c2ccc3c(c2)C(C)(C)CCC3(C)C)cc1CC. The van der Waals surface area contributed by atoms with Crippen molar-refractivity contribution in [3.8, 4) is 0 Å². The largest absolute Gasteiger partial charge is 0.218 e. The molecule has 4 aromatic rings. The number of rotatable bonds is 8. The molecule has 3 heteroatoms. The lowest BCUT2D eigenvalue weighted by Gasteiger charge is -2.42. The summed E-state index contributed by atoms with van der Waals surface area (Å²) in [5, 5.41) is 0. The van der Waals surface area contributed by atoms with Crippen LogP contribution in [0.3, 0.4) is 0 Å². The molecule has 53 heavy (non-hydrogen) atoms. The maximum Gasteiger partial charge on any atom is 0.207 e. The van der Waals surface area contributed by atoms with Gasteiger partial charge < -0.3 is 0 Å². The van der Waals surface area contributed by atoms with Gasteiger partial charge in [-0.3, -0.25) is 0 Å². The van der Waals surface area contributed by atoms with E-state index >= 15 is 0 Å². The van der Waals surface area contributed by atoms with Gasteiger partial charge in [0.15, 0.2) is 0 Å². The zero-order valence-corrected chi connectivity index (χ0v) is 35.4. The number of benzene rings is 4. The first-order valence-corrected chi connectivity index (χ1v) is 21.4. The fraction of sp³-hybridized carbons (Fsp3) is 0.440. The van der Waals surface area contributed by atoms with E-state index < -0.39 is 9.84 Å². The first kappa shape index (κ1) is 39.0. The Morgan fingerprint density at radius 2 is 0.849 bits per heavy atom. The van der Waals surface area contributed by atoms with Gasteiger partial charge in [0, 0.05) is 0 Å². The van der Waals surface area contributed by atoms with Gasteiger partial charge in [-0.1, -0.05) is 142 Å². The molecule has 0 spiro atoms. The van der Waals surface area contributed by atoms with Crippen molar-refractivity contribution in [3.63, 3.8) is 0 Å². The van der Waals surface area contributed by atoms with Crippen molar-refractivity contribution in [3.05, 3.63) is 128 Å². The normalized spacial score (nSPS) is 19.0. The zero-order chi connectivity index (χ0) is 38.7. The Labute approximate surface area is 321 Å². The molecule has 4 aromatic carbocycles. The van der Waals surface area contributed by atoms with Crippen molar-refractivity contribution < 1.29 is 8.42 Å². The number of aryl methyl sites for hydroxylation is 2. The second kappa shape index (κ2) is 13.9. The van der Waals surface area contributed by atoms with Gasteiger partial charge in [-0.15, -0.1) is 0 Å². The van der Waals surface area contributed by atoms with Crippen LogP contribution in [0, 0.1) is 0 Å². The average molecular weight is 727 g/mol. The molecular weight excluding hydrogens is 665 g/mol. The number of sulfone groups is 1. The second-order valence-corrected chi connectivity index (χ2v) is 20.5. The smallest absolute Gasteiger partial charge is 0.207 e. The minimum atomic E-state index is -3.73. The van der Waals surface area contributed by atoms with E-state index in [9.17, 15) is 8.42 Å². The Morgan fingerprint density at radius 1 is 0.509 bits per heavy atom. The van der Waals surface area contributed by atoms with Crippen LogP contribution in [-0.4, -0.2) is 8.42 Å². The molecule has 0 fully saturated rings. The molecule has 0 bridgehead atoms. The van der Waals surface area contributed by atoms with Crippen molar-refractivity contribution in [2.75, 3.05) is 0 Å². The molecule has 0 saturated heterocycles. The van der Waals surface area contributed by atoms with Gasteiger partial charge in [-0.25, -0.2) is 8.42 Å². The topological polar surface area (TPSA) is 34.1 Å². The lowest BCUT2D eigenvalue weighted by atomic mass is 9.63. The van der Waals surface area contributed by atoms with Crippen LogP contribution < -0.4 is 0 Å². The standard InChI is InChI=1S/C50H62O2S/c1-13-37-29-35(27-33(3)39-17-19-41-43(31-39)49(9,10)25-23-47(41,5)6)15-21-45(37)53(51,52)46-22-16-36(30-38(46)14-2)28-34(4)40-18-20-42-44(32-40)50(11,12)26-24-48(42,7)8/h15-22,27-32H,13-14,23-26H2,1-12H3/b33-27+,34-28+. The molecule has 0 unspecified atom stereocenters. The molecular formula is C50H62O2S. The number of allylic oxidation sites excluding steroid dienone is 2. The zero-order valence-electron chi connectivity index (χ0n) is 34.6. The third kappa shape index (κ3) is 7.40. The van der Waals surface area contributed by atoms with Gasteiger partial charge in [0.05, 0.1) is 9.79 Å². The lowest BCUT2D eigenvalue weighted by Crippen LogP contribution is -2.33. The fourth-order valence-electron chi connectivity index (χ4n) is 8.91. The van der Waals surface area contributed by atoms with Gasteiger partial charge >= 0.3 is 0 Å². The summed E-state index contributed by atoms with van der Waals surface area (Å²) in [6.07, 6.45) is 10.4. The monoisotopic (exact) mass is 726 g/mol. The molecule has 0 aliphatic heterocycles. The van der Waals surface area contributed by atoms with Crippen LogP contribution in [0.2, 0.25) is 0 Å². The summed E-state index contributed by atoms with van der Waals surface area (Å²) in [6.45, 7) is 27.3. The van der Waals surface area contributed by atoms with Crippen LogP contribution in [0.15, 0.2) is 82.6 Å². The molecule has 0 heterocycles. The van der Waals surface area contributed by atoms with Gasteiger partial charge in [0.1, 0.15) is 0 Å². The molecule has 2 nitrogen and oxygen atoms in total. The summed E-state index contributed by atoms with van der Waals surface area (Å²) < 4.78 is 28.7. The van der Waals surface area contributed by atoms with Crippen molar-refractivity contribution in [2.24, 2.45) is 0 Å². The van der Waals surface area contributed by atoms with E-state index in [1.54, 1.807) is 0 Å². The highest BCUT2D eigenvalue weighted by Gasteiger charge is 2.38. The van der Waals surface area contributed by atoms with Gasteiger partial charge in [-0.2, -0.15) is 0 Å². The Morgan fingerprint density at radius 3 is 1.19 bits per heavy atom. The molecule has 6 rings (SSSR count). The van der Waals surface area contributed by atoms with E-state index in [0.29, 0.717) is 22.6 Å². The molecule has 0 saturated carbocycles. The summed E-state index contributed by atoms with van der Waals surface area (Å²) >= 11 is 0. The van der Waals surface area contributed by atoms with E-state index in [-0.39, 0.29) is 21.7 Å². The lowest BCUT2D eigenvalue weighted by molar-refractivity contribution is 0.332. The average Bonchev–Trinajstić information content (AvgIpc) is 3.11. The summed E-state index contributed by atoms with van der Waals surface area (Å²) in [7, 11) is -3.73. The fourth-order valence-corrected chi connectivity index (χ4v) is 10.7. The highest BCUT2D eigenvalue weighted by Crippen LogP contribution is 2.48. The number of hydrogen-bond donors (Lipinski definition) is 0. The van der Waals surface area contributed by atoms with E-state index in [4.69, 9.17) is 0 Å². The first-order valence-electron chi connectivity index (χ1n) is 19.9. The molecule has 280 valence electrons. The van der Waals surface area contributed by atoms with Gasteiger partial charge in [-0.05, 0) is 153 Å². The predicted octanol–water partition coefficient (Wildman–Crippen LogP) is 13.5. The van der Waals surface area contributed by atoms with Gasteiger partial charge in [0.2, 0.25) is 9.84 Å². The minimum absolute atomic E-state index is 0.147. The third-order valence-electron chi connectivity index (χ3n) is 12.9. The summed E-state index contributed by atoms with van der Waals surface area (Å²) in [4.78, 5) is 0.808. The maximum atomic E-state index is 14.4. The van der Waals surface area contributed by atoms with E-state index in [2.05, 4.69) is 130 Å². The van der Waals surface area contributed by atoms with Crippen molar-refractivity contribution >= 4 is 33.1 Å². The molecule has 0 N–H and O–H groups in total. The predicted molar refractivity (Wildman–Crippen MR) is 228 cm³/mol. The van der Waals surface area contributed by atoms with Crippen molar-refractivity contribution in [1.29, 1.82) is 0 Å². The van der Waals surface area contributed by atoms with E-state index in [1.165, 1.54) is 70.2 Å². The molecule has 2 aliphatic rings. The molecule has 2 aliphatic carbocycles. The maximum absolute atomic E-state index is 14.4. The summed E-state index contributed by atoms with van der Waals surface area (Å²) in [6, 6.07) is 25.7. The van der Waals surface area contributed by atoms with Crippen molar-refractivity contribution in [1.82, 2.24) is 0 Å². The Bertz CT molecular complexity index is 2080.